The highest BCUT2D eigenvalue weighted by Gasteiger charge is 2.08. The molecule has 0 spiro atoms. The van der Waals surface area contributed by atoms with Crippen LogP contribution in [0.4, 0.5) is 0 Å². The number of hydrogen-bond acceptors (Lipinski definition) is 3. The maximum Gasteiger partial charge on any atom is 0.305 e. The molecule has 0 radical (unpaired) electrons. The van der Waals surface area contributed by atoms with Gasteiger partial charge in [-0.15, -0.1) is 11.8 Å². The van der Waals surface area contributed by atoms with Crippen LogP contribution in [0.5, 0.6) is 0 Å². The van der Waals surface area contributed by atoms with Crippen LogP contribution in [0.15, 0.2) is 24.3 Å². The molecule has 0 saturated carbocycles. The van der Waals surface area contributed by atoms with Gasteiger partial charge in [0.15, 0.2) is 0 Å². The molecule has 0 amide bonds. The third kappa shape index (κ3) is 4.85. The van der Waals surface area contributed by atoms with Crippen LogP contribution in [0.2, 0.25) is 0 Å². The van der Waals surface area contributed by atoms with E-state index in [0.717, 1.165) is 5.75 Å². The number of rotatable bonds is 5. The number of nitrogens with two attached hydrogens (primary N) is 1. The van der Waals surface area contributed by atoms with Gasteiger partial charge in [0.1, 0.15) is 0 Å². The summed E-state index contributed by atoms with van der Waals surface area (Å²) in [6, 6.07) is 8.16. The summed E-state index contributed by atoms with van der Waals surface area (Å²) in [6.07, 6.45) is 0.0104. The normalized spacial score (nSPS) is 12.4. The second-order valence-corrected chi connectivity index (χ2v) is 4.66. The van der Waals surface area contributed by atoms with Crippen molar-refractivity contribution in [3.05, 3.63) is 35.4 Å². The molecule has 0 aliphatic heterocycles. The fraction of sp³-hybridized carbons (Fsp3) is 0.364. The number of thioether (sulfide) groups is 1. The summed E-state index contributed by atoms with van der Waals surface area (Å²) in [5, 5.41) is 8.19. The number of carboxylic acid groups (broad SMARTS) is 1. The minimum Gasteiger partial charge on any atom is -0.481 e. The van der Waals surface area contributed by atoms with E-state index in [1.807, 2.05) is 31.2 Å². The Morgan fingerprint density at radius 3 is 2.60 bits per heavy atom. The molecule has 0 saturated heterocycles. The molecule has 82 valence electrons. The van der Waals surface area contributed by atoms with Crippen LogP contribution in [0.3, 0.4) is 0 Å². The molecule has 15 heavy (non-hydrogen) atoms. The molecule has 1 rings (SSSR count). The van der Waals surface area contributed by atoms with E-state index in [9.17, 15) is 4.79 Å². The predicted molar refractivity (Wildman–Crippen MR) is 62.7 cm³/mol. The van der Waals surface area contributed by atoms with E-state index in [-0.39, 0.29) is 11.8 Å². The van der Waals surface area contributed by atoms with Gasteiger partial charge in [0.2, 0.25) is 0 Å². The highest BCUT2D eigenvalue weighted by molar-refractivity contribution is 7.99. The number of aryl methyl sites for hydroxylation is 1. The van der Waals surface area contributed by atoms with Crippen molar-refractivity contribution in [3.8, 4) is 0 Å². The van der Waals surface area contributed by atoms with E-state index < -0.39 is 5.97 Å². The Morgan fingerprint density at radius 1 is 1.47 bits per heavy atom. The van der Waals surface area contributed by atoms with Gasteiger partial charge in [-0.2, -0.15) is 0 Å². The first-order valence-electron chi connectivity index (χ1n) is 4.72. The molecule has 0 fully saturated rings. The van der Waals surface area contributed by atoms with E-state index in [0.29, 0.717) is 0 Å². The van der Waals surface area contributed by atoms with Crippen molar-refractivity contribution in [2.75, 3.05) is 0 Å². The molecule has 0 bridgehead atoms. The SMILES string of the molecule is Cc1ccc(CSC(N)CC(=O)O)cc1. The van der Waals surface area contributed by atoms with E-state index in [1.54, 1.807) is 0 Å². The average Bonchev–Trinajstić information content (AvgIpc) is 2.16. The maximum absolute atomic E-state index is 10.4. The van der Waals surface area contributed by atoms with Crippen LogP contribution < -0.4 is 5.73 Å². The standard InChI is InChI=1S/C11H15NO2S/c1-8-2-4-9(5-3-8)7-15-10(12)6-11(13)14/h2-5,10H,6-7,12H2,1H3,(H,13,14). The van der Waals surface area contributed by atoms with Gasteiger partial charge in [-0.3, -0.25) is 4.79 Å². The molecule has 0 aromatic heterocycles. The average molecular weight is 225 g/mol. The van der Waals surface area contributed by atoms with Crippen LogP contribution in [0.1, 0.15) is 17.5 Å². The summed E-state index contributed by atoms with van der Waals surface area (Å²) < 4.78 is 0. The van der Waals surface area contributed by atoms with Gasteiger partial charge in [0.25, 0.3) is 0 Å². The second-order valence-electron chi connectivity index (χ2n) is 3.43. The van der Waals surface area contributed by atoms with Gasteiger partial charge in [-0.05, 0) is 12.5 Å². The summed E-state index contributed by atoms with van der Waals surface area (Å²) in [6.45, 7) is 2.03. The topological polar surface area (TPSA) is 63.3 Å². The Bertz CT molecular complexity index is 324. The molecule has 0 aliphatic rings. The van der Waals surface area contributed by atoms with Gasteiger partial charge in [0.05, 0.1) is 11.8 Å². The Morgan fingerprint density at radius 2 is 2.07 bits per heavy atom. The van der Waals surface area contributed by atoms with Crippen LogP contribution in [0.25, 0.3) is 0 Å². The quantitative estimate of drug-likeness (QED) is 0.752. The lowest BCUT2D eigenvalue weighted by Gasteiger charge is -2.08. The van der Waals surface area contributed by atoms with Crippen LogP contribution >= 0.6 is 11.8 Å². The number of benzene rings is 1. The first kappa shape index (κ1) is 12.1. The van der Waals surface area contributed by atoms with Crippen LogP contribution in [-0.4, -0.2) is 16.4 Å². The Labute approximate surface area is 93.7 Å². The molecule has 1 aromatic rings. The summed E-state index contributed by atoms with van der Waals surface area (Å²) in [4.78, 5) is 10.4. The summed E-state index contributed by atoms with van der Waals surface area (Å²) in [5.41, 5.74) is 8.03. The van der Waals surface area contributed by atoms with Crippen molar-refractivity contribution in [1.29, 1.82) is 0 Å². The van der Waals surface area contributed by atoms with E-state index >= 15 is 0 Å². The van der Waals surface area contributed by atoms with Crippen molar-refractivity contribution < 1.29 is 9.90 Å². The van der Waals surface area contributed by atoms with Gasteiger partial charge >= 0.3 is 5.97 Å². The molecule has 3 N–H and O–H groups in total. The number of hydrogen-bond donors (Lipinski definition) is 2. The smallest absolute Gasteiger partial charge is 0.305 e. The molecule has 1 aromatic carbocycles. The predicted octanol–water partition coefficient (Wildman–Crippen LogP) is 1.99. The second kappa shape index (κ2) is 5.78. The third-order valence-electron chi connectivity index (χ3n) is 1.96. The van der Waals surface area contributed by atoms with Gasteiger partial charge in [-0.25, -0.2) is 0 Å². The first-order chi connectivity index (χ1) is 7.08. The minimum atomic E-state index is -0.848. The van der Waals surface area contributed by atoms with Crippen molar-refractivity contribution >= 4 is 17.7 Å². The number of aliphatic carboxylic acids is 1. The van der Waals surface area contributed by atoms with Crippen molar-refractivity contribution in [2.24, 2.45) is 5.73 Å². The monoisotopic (exact) mass is 225 g/mol. The summed E-state index contributed by atoms with van der Waals surface area (Å²) in [7, 11) is 0. The molecule has 1 unspecified atom stereocenters. The lowest BCUT2D eigenvalue weighted by Crippen LogP contribution is -2.19. The zero-order chi connectivity index (χ0) is 11.3. The lowest BCUT2D eigenvalue weighted by molar-refractivity contribution is -0.136. The van der Waals surface area contributed by atoms with Crippen molar-refractivity contribution in [3.63, 3.8) is 0 Å². The largest absolute Gasteiger partial charge is 0.481 e. The Kier molecular flexibility index (Phi) is 4.65. The van der Waals surface area contributed by atoms with Gasteiger partial charge in [-0.1, -0.05) is 29.8 Å². The van der Waals surface area contributed by atoms with Gasteiger partial charge in [0, 0.05) is 5.75 Å². The molecule has 4 heteroatoms. The van der Waals surface area contributed by atoms with Crippen LogP contribution in [0, 0.1) is 6.92 Å². The molecule has 0 heterocycles. The molecular weight excluding hydrogens is 210 g/mol. The highest BCUT2D eigenvalue weighted by atomic mass is 32.2. The Balaban J connectivity index is 2.36. The van der Waals surface area contributed by atoms with E-state index in [2.05, 4.69) is 0 Å². The summed E-state index contributed by atoms with van der Waals surface area (Å²) >= 11 is 1.46. The molecule has 3 nitrogen and oxygen atoms in total. The maximum atomic E-state index is 10.4. The molecule has 1 atom stereocenters. The van der Waals surface area contributed by atoms with Crippen LogP contribution in [-0.2, 0) is 10.5 Å². The molecular formula is C11H15NO2S. The lowest BCUT2D eigenvalue weighted by atomic mass is 10.2. The zero-order valence-corrected chi connectivity index (χ0v) is 9.46. The van der Waals surface area contributed by atoms with Crippen molar-refractivity contribution in [1.82, 2.24) is 0 Å². The fourth-order valence-corrected chi connectivity index (χ4v) is 1.98. The first-order valence-corrected chi connectivity index (χ1v) is 5.77. The zero-order valence-electron chi connectivity index (χ0n) is 8.64. The van der Waals surface area contributed by atoms with Gasteiger partial charge < -0.3 is 10.8 Å². The number of carboxylic acids is 1. The fourth-order valence-electron chi connectivity index (χ4n) is 1.12. The van der Waals surface area contributed by atoms with Crippen molar-refractivity contribution in [2.45, 2.75) is 24.5 Å². The highest BCUT2D eigenvalue weighted by Crippen LogP contribution is 2.17. The Hall–Kier alpha value is -1.00. The summed E-state index contributed by atoms with van der Waals surface area (Å²) in [5.74, 6) is -0.0896. The molecule has 0 aliphatic carbocycles. The van der Waals surface area contributed by atoms with E-state index in [1.165, 1.54) is 22.9 Å². The third-order valence-corrected chi connectivity index (χ3v) is 3.06. The minimum absolute atomic E-state index is 0.0104. The van der Waals surface area contributed by atoms with E-state index in [4.69, 9.17) is 10.8 Å². The number of carbonyl (C=O) groups is 1.